The summed E-state index contributed by atoms with van der Waals surface area (Å²) in [5.74, 6) is -0.00966. The molecule has 1 aromatic carbocycles. The van der Waals surface area contributed by atoms with E-state index in [1.54, 1.807) is 0 Å². The molecule has 0 aliphatic carbocycles. The van der Waals surface area contributed by atoms with Crippen LogP contribution in [-0.2, 0) is 28.4 Å². The number of hydrogen-bond donors (Lipinski definition) is 7. The predicted octanol–water partition coefficient (Wildman–Crippen LogP) is -4.62. The van der Waals surface area contributed by atoms with Gasteiger partial charge in [0.15, 0.2) is 5.25 Å². The zero-order chi connectivity index (χ0) is 23.3. The van der Waals surface area contributed by atoms with E-state index >= 15 is 0 Å². The quantitative estimate of drug-likeness (QED) is 0.156. The first-order chi connectivity index (χ1) is 14.5. The lowest BCUT2D eigenvalue weighted by molar-refractivity contribution is -0.142. The highest BCUT2D eigenvalue weighted by Crippen LogP contribution is 2.30. The minimum atomic E-state index is -4.56. The number of ether oxygens (including phenoxy) is 1. The number of aliphatic hydroxyl groups excluding tert-OH is 7. The van der Waals surface area contributed by atoms with Crippen LogP contribution in [0.15, 0.2) is 24.3 Å². The first-order valence-electron chi connectivity index (χ1n) is 9.55. The third-order valence-corrected chi connectivity index (χ3v) is 7.97. The predicted molar refractivity (Wildman–Crippen MR) is 105 cm³/mol. The molecule has 8 atom stereocenters. The molecule has 1 aromatic rings. The van der Waals surface area contributed by atoms with Gasteiger partial charge in [0.1, 0.15) is 48.1 Å². The Labute approximate surface area is 192 Å². The second-order valence-corrected chi connectivity index (χ2v) is 9.78. The molecule has 1 saturated heterocycles. The van der Waals surface area contributed by atoms with E-state index in [2.05, 4.69) is 0 Å². The summed E-state index contributed by atoms with van der Waals surface area (Å²) >= 11 is 0. The van der Waals surface area contributed by atoms with Gasteiger partial charge in [-0.2, -0.15) is 13.2 Å². The molecule has 1 aliphatic heterocycles. The summed E-state index contributed by atoms with van der Waals surface area (Å²) < 4.78 is 44.1. The maximum Gasteiger partial charge on any atom is 0.416 e. The van der Waals surface area contributed by atoms with E-state index in [9.17, 15) is 43.8 Å². The van der Waals surface area contributed by atoms with Gasteiger partial charge >= 0.3 is 6.18 Å². The van der Waals surface area contributed by atoms with Crippen LogP contribution in [0.5, 0.6) is 0 Å². The molecule has 1 heterocycles. The van der Waals surface area contributed by atoms with Crippen molar-refractivity contribution in [3.63, 3.8) is 0 Å². The maximum atomic E-state index is 12.9. The number of hydrogen-bond acceptors (Lipinski definition) is 8. The summed E-state index contributed by atoms with van der Waals surface area (Å²) in [7, 11) is -0.855. The molecule has 1 aliphatic rings. The molecule has 32 heavy (non-hydrogen) atoms. The Morgan fingerprint density at radius 1 is 1.09 bits per heavy atom. The highest BCUT2D eigenvalue weighted by Gasteiger charge is 2.51. The fraction of sp³-hybridized carbons (Fsp3) is 0.684. The van der Waals surface area contributed by atoms with Crippen molar-refractivity contribution in [2.45, 2.75) is 54.7 Å². The standard InChI is InChI=1S/C19H28F3O8S.ClH/c20-19(21,22)11-3-1-2-10(4-11)7-30-18(17(29)12(25)5-23)14(27)9-31-8-13(26)16(28)15(31)6-24;/h1-4,12-18,23-29H,5-9H2;1H/q+1;/p-1/t12-,13+,14+,15+,16-,17+,18-,31?;/m0./s1. The molecule has 1 unspecified atom stereocenters. The topological polar surface area (TPSA) is 151 Å². The van der Waals surface area contributed by atoms with E-state index in [1.165, 1.54) is 12.1 Å². The molecule has 0 saturated carbocycles. The van der Waals surface area contributed by atoms with Crippen LogP contribution in [0.4, 0.5) is 13.2 Å². The van der Waals surface area contributed by atoms with Gasteiger partial charge in [-0.05, 0) is 17.7 Å². The molecule has 0 aromatic heterocycles. The fourth-order valence-electron chi connectivity index (χ4n) is 3.40. The molecule has 8 nitrogen and oxygen atoms in total. The molecular weight excluding hydrogens is 481 g/mol. The van der Waals surface area contributed by atoms with Gasteiger partial charge in [-0.25, -0.2) is 0 Å². The molecular formula is C19H28ClF3O8S. The number of alkyl halides is 3. The molecule has 0 amide bonds. The van der Waals surface area contributed by atoms with Crippen LogP contribution in [0.3, 0.4) is 0 Å². The minimum Gasteiger partial charge on any atom is -1.00 e. The van der Waals surface area contributed by atoms with Gasteiger partial charge in [-0.15, -0.1) is 0 Å². The number of rotatable bonds is 10. The fourth-order valence-corrected chi connectivity index (χ4v) is 6.08. The Balaban J connectivity index is 0.00000512. The van der Waals surface area contributed by atoms with Crippen molar-refractivity contribution in [1.29, 1.82) is 0 Å². The van der Waals surface area contributed by atoms with E-state index in [1.807, 2.05) is 0 Å². The lowest BCUT2D eigenvalue weighted by Crippen LogP contribution is -3.00. The van der Waals surface area contributed by atoms with E-state index < -0.39 is 84.3 Å². The van der Waals surface area contributed by atoms with Gasteiger partial charge in [0, 0.05) is 10.9 Å². The largest absolute Gasteiger partial charge is 1.00 e. The van der Waals surface area contributed by atoms with E-state index in [0.29, 0.717) is 0 Å². The van der Waals surface area contributed by atoms with Gasteiger partial charge in [-0.1, -0.05) is 12.1 Å². The highest BCUT2D eigenvalue weighted by molar-refractivity contribution is 7.97. The van der Waals surface area contributed by atoms with Crippen LogP contribution in [0.25, 0.3) is 0 Å². The van der Waals surface area contributed by atoms with E-state index in [0.717, 1.165) is 12.1 Å². The summed E-state index contributed by atoms with van der Waals surface area (Å²) in [5.41, 5.74) is -0.789. The molecule has 0 bridgehead atoms. The van der Waals surface area contributed by atoms with Gasteiger partial charge in [0.05, 0.1) is 25.4 Å². The summed E-state index contributed by atoms with van der Waals surface area (Å²) in [4.78, 5) is 0. The third kappa shape index (κ3) is 7.42. The molecule has 0 radical (unpaired) electrons. The van der Waals surface area contributed by atoms with Crippen molar-refractivity contribution in [3.8, 4) is 0 Å². The van der Waals surface area contributed by atoms with Crippen molar-refractivity contribution in [3.05, 3.63) is 35.4 Å². The van der Waals surface area contributed by atoms with Gasteiger partial charge in [0.2, 0.25) is 0 Å². The zero-order valence-corrected chi connectivity index (χ0v) is 18.4. The first-order valence-corrected chi connectivity index (χ1v) is 11.2. The van der Waals surface area contributed by atoms with Crippen LogP contribution in [0, 0.1) is 0 Å². The zero-order valence-electron chi connectivity index (χ0n) is 16.8. The summed E-state index contributed by atoms with van der Waals surface area (Å²) in [6.07, 6.45) is -13.2. The second kappa shape index (κ2) is 12.7. The Hall–Kier alpha value is -0.670. The average Bonchev–Trinajstić information content (AvgIpc) is 2.99. The molecule has 13 heteroatoms. The van der Waals surface area contributed by atoms with E-state index in [4.69, 9.17) is 9.84 Å². The number of aliphatic hydroxyl groups is 7. The van der Waals surface area contributed by atoms with Crippen molar-refractivity contribution < 1.29 is 66.1 Å². The Morgan fingerprint density at radius 3 is 2.31 bits per heavy atom. The van der Waals surface area contributed by atoms with Crippen molar-refractivity contribution in [1.82, 2.24) is 0 Å². The van der Waals surface area contributed by atoms with Gasteiger partial charge < -0.3 is 52.9 Å². The molecule has 7 N–H and O–H groups in total. The van der Waals surface area contributed by atoms with Crippen molar-refractivity contribution in [2.75, 3.05) is 24.7 Å². The highest BCUT2D eigenvalue weighted by atomic mass is 35.5. The number of benzene rings is 1. The summed E-state index contributed by atoms with van der Waals surface area (Å²) in [5, 5.41) is 68.3. The van der Waals surface area contributed by atoms with Crippen LogP contribution < -0.4 is 12.4 Å². The SMILES string of the molecule is OC[C@@H]1[C@@H](O)[C@H](O)C[S+]1C[C@@H](O)[C@H](OCc1cccc(C(F)(F)F)c1)[C@H](O)[C@@H](O)CO.[Cl-]. The molecule has 2 rings (SSSR count). The Morgan fingerprint density at radius 2 is 1.75 bits per heavy atom. The number of halogens is 4. The van der Waals surface area contributed by atoms with Gasteiger partial charge in [-0.3, -0.25) is 0 Å². The maximum absolute atomic E-state index is 12.9. The van der Waals surface area contributed by atoms with Crippen molar-refractivity contribution in [2.24, 2.45) is 0 Å². The van der Waals surface area contributed by atoms with Crippen molar-refractivity contribution >= 4 is 10.9 Å². The minimum absolute atomic E-state index is 0. The van der Waals surface area contributed by atoms with Crippen LogP contribution in [0.2, 0.25) is 0 Å². The Kier molecular flexibility index (Phi) is 11.7. The van der Waals surface area contributed by atoms with Crippen LogP contribution >= 0.6 is 0 Å². The third-order valence-electron chi connectivity index (χ3n) is 5.15. The molecule has 0 spiro atoms. The normalized spacial score (nSPS) is 27.4. The lowest BCUT2D eigenvalue weighted by Gasteiger charge is -2.30. The smallest absolute Gasteiger partial charge is 0.416 e. The second-order valence-electron chi connectivity index (χ2n) is 7.43. The summed E-state index contributed by atoms with van der Waals surface area (Å²) in [6, 6.07) is 4.28. The van der Waals surface area contributed by atoms with Crippen LogP contribution in [0.1, 0.15) is 11.1 Å². The molecule has 186 valence electrons. The lowest BCUT2D eigenvalue weighted by atomic mass is 10.0. The molecule has 1 fully saturated rings. The summed E-state index contributed by atoms with van der Waals surface area (Å²) in [6.45, 7) is -1.71. The first kappa shape index (κ1) is 29.4. The Bertz CT molecular complexity index is 701. The van der Waals surface area contributed by atoms with E-state index in [-0.39, 0.29) is 29.5 Å². The average molecular weight is 509 g/mol. The van der Waals surface area contributed by atoms with Gasteiger partial charge in [0.25, 0.3) is 0 Å². The van der Waals surface area contributed by atoms with Crippen LogP contribution in [-0.4, -0.2) is 102 Å². The monoisotopic (exact) mass is 508 g/mol.